The number of benzene rings is 1. The minimum Gasteiger partial charge on any atom is -0.478 e. The number of pyridine rings is 1. The molecular formula is C19H16ClF4N3O3. The molecule has 1 aromatic carbocycles. The molecule has 30 heavy (non-hydrogen) atoms. The van der Waals surface area contributed by atoms with Crippen molar-refractivity contribution in [2.24, 2.45) is 5.73 Å². The van der Waals surface area contributed by atoms with Crippen molar-refractivity contribution in [2.45, 2.75) is 12.6 Å². The van der Waals surface area contributed by atoms with Crippen molar-refractivity contribution >= 4 is 29.3 Å². The third-order valence-corrected chi connectivity index (χ3v) is 4.38. The summed E-state index contributed by atoms with van der Waals surface area (Å²) in [4.78, 5) is 27.4. The summed E-state index contributed by atoms with van der Waals surface area (Å²) in [5.74, 6) is -2.61. The molecule has 0 radical (unpaired) electrons. The van der Waals surface area contributed by atoms with Gasteiger partial charge in [-0.15, -0.1) is 0 Å². The van der Waals surface area contributed by atoms with Gasteiger partial charge < -0.3 is 15.7 Å². The lowest BCUT2D eigenvalue weighted by molar-refractivity contribution is -0.140. The predicted octanol–water partition coefficient (Wildman–Crippen LogP) is 3.90. The number of anilines is 1. The number of nitrogens with zero attached hydrogens (tertiary/aromatic N) is 2. The highest BCUT2D eigenvalue weighted by Gasteiger charge is 2.34. The summed E-state index contributed by atoms with van der Waals surface area (Å²) in [5, 5.41) is 9.41. The fourth-order valence-electron chi connectivity index (χ4n) is 2.56. The molecule has 0 saturated heterocycles. The van der Waals surface area contributed by atoms with Crippen LogP contribution in [0.5, 0.6) is 0 Å². The molecular weight excluding hydrogens is 430 g/mol. The van der Waals surface area contributed by atoms with Gasteiger partial charge in [0.15, 0.2) is 0 Å². The normalized spacial score (nSPS) is 13.8. The average molecular weight is 446 g/mol. The highest BCUT2D eigenvalue weighted by Crippen LogP contribution is 2.31. The van der Waals surface area contributed by atoms with E-state index in [2.05, 4.69) is 4.98 Å². The minimum atomic E-state index is -4.76. The molecule has 1 amide bonds. The zero-order valence-corrected chi connectivity index (χ0v) is 16.0. The highest BCUT2D eigenvalue weighted by atomic mass is 35.5. The number of halogens is 5. The van der Waals surface area contributed by atoms with Crippen LogP contribution in [0.4, 0.5) is 23.4 Å². The number of carbonyl (C=O) groups excluding carboxylic acids is 1. The van der Waals surface area contributed by atoms with E-state index in [1.165, 1.54) is 0 Å². The van der Waals surface area contributed by atoms with Crippen LogP contribution in [0.15, 0.2) is 48.2 Å². The van der Waals surface area contributed by atoms with Gasteiger partial charge in [-0.25, -0.2) is 14.2 Å². The van der Waals surface area contributed by atoms with Crippen molar-refractivity contribution in [2.75, 3.05) is 18.0 Å². The maximum absolute atomic E-state index is 12.8. The number of amides is 1. The first-order valence-electron chi connectivity index (χ1n) is 8.45. The first kappa shape index (κ1) is 23.1. The first-order valence-corrected chi connectivity index (χ1v) is 8.83. The molecule has 0 spiro atoms. The smallest absolute Gasteiger partial charge is 0.419 e. The van der Waals surface area contributed by atoms with Crippen molar-refractivity contribution in [3.63, 3.8) is 0 Å². The number of carbonyl (C=O) groups is 2. The van der Waals surface area contributed by atoms with Crippen LogP contribution in [-0.2, 0) is 11.0 Å². The molecule has 6 nitrogen and oxygen atoms in total. The second-order valence-electron chi connectivity index (χ2n) is 6.10. The van der Waals surface area contributed by atoms with Crippen molar-refractivity contribution < 1.29 is 32.3 Å². The fraction of sp³-hybridized carbons (Fsp3) is 0.211. The van der Waals surface area contributed by atoms with Gasteiger partial charge in [-0.1, -0.05) is 17.7 Å². The number of nitrogens with two attached hydrogens (primary N) is 1. The van der Waals surface area contributed by atoms with Crippen LogP contribution in [-0.4, -0.2) is 35.1 Å². The Balaban J connectivity index is 0.000000216. The third-order valence-electron chi connectivity index (χ3n) is 4.08. The second-order valence-corrected chi connectivity index (χ2v) is 6.50. The molecule has 0 fully saturated rings. The van der Waals surface area contributed by atoms with Gasteiger partial charge >= 0.3 is 12.1 Å². The molecule has 0 saturated carbocycles. The lowest BCUT2D eigenvalue weighted by atomic mass is 10.1. The number of aliphatic carboxylic acids is 1. The first-order chi connectivity index (χ1) is 14.0. The minimum absolute atomic E-state index is 0.296. The number of hydrogen-bond donors (Lipinski definition) is 2. The Morgan fingerprint density at radius 3 is 2.40 bits per heavy atom. The topological polar surface area (TPSA) is 96.5 Å². The quantitative estimate of drug-likeness (QED) is 0.698. The maximum Gasteiger partial charge on any atom is 0.419 e. The molecule has 11 heteroatoms. The number of carboxylic acid groups (broad SMARTS) is 1. The standard InChI is InChI=1S/C11H11ClN2O2.C8H5F4NO/c12-9-2-1-5-13-10(9)14-6-3-8(4-7-14)11(15)16;9-6-3-4(7(13)14)1-2-5(6)8(10,11)12/h1-3,5H,4,6-7H2,(H,15,16);1-3H,(H2,13,14). The number of carboxylic acids is 1. The summed E-state index contributed by atoms with van der Waals surface area (Å²) in [6.45, 7) is 1.17. The number of alkyl halides is 3. The fourth-order valence-corrected chi connectivity index (χ4v) is 2.81. The third kappa shape index (κ3) is 5.93. The SMILES string of the molecule is NC(=O)c1ccc(C(F)(F)F)c(F)c1.O=C(O)C1=CCN(c2ncccc2Cl)CC1. The van der Waals surface area contributed by atoms with E-state index in [-0.39, 0.29) is 5.56 Å². The van der Waals surface area contributed by atoms with Crippen LogP contribution < -0.4 is 10.6 Å². The molecule has 0 aliphatic carbocycles. The molecule has 0 atom stereocenters. The van der Waals surface area contributed by atoms with Gasteiger partial charge in [0.25, 0.3) is 0 Å². The van der Waals surface area contributed by atoms with Crippen LogP contribution in [0, 0.1) is 5.82 Å². The summed E-state index contributed by atoms with van der Waals surface area (Å²) in [5.41, 5.74) is 3.51. The number of aromatic nitrogens is 1. The van der Waals surface area contributed by atoms with Gasteiger partial charge in [-0.3, -0.25) is 4.79 Å². The van der Waals surface area contributed by atoms with Crippen molar-refractivity contribution in [1.82, 2.24) is 4.98 Å². The predicted molar refractivity (Wildman–Crippen MR) is 102 cm³/mol. The summed E-state index contributed by atoms with van der Waals surface area (Å²) < 4.78 is 48.9. The molecule has 2 heterocycles. The van der Waals surface area contributed by atoms with Crippen LogP contribution in [0.3, 0.4) is 0 Å². The Morgan fingerprint density at radius 2 is 1.93 bits per heavy atom. The summed E-state index contributed by atoms with van der Waals surface area (Å²) >= 11 is 6.02. The summed E-state index contributed by atoms with van der Waals surface area (Å²) in [6.07, 6.45) is -0.864. The van der Waals surface area contributed by atoms with Gasteiger partial charge in [0.05, 0.1) is 10.6 Å². The Hall–Kier alpha value is -3.14. The Morgan fingerprint density at radius 1 is 1.23 bits per heavy atom. The number of rotatable bonds is 3. The lowest BCUT2D eigenvalue weighted by Crippen LogP contribution is -2.30. The van der Waals surface area contributed by atoms with Gasteiger partial charge in [0.2, 0.25) is 5.91 Å². The number of hydrogen-bond acceptors (Lipinski definition) is 4. The summed E-state index contributed by atoms with van der Waals surface area (Å²) in [7, 11) is 0. The van der Waals surface area contributed by atoms with E-state index >= 15 is 0 Å². The largest absolute Gasteiger partial charge is 0.478 e. The van der Waals surface area contributed by atoms with Crippen molar-refractivity contribution in [3.8, 4) is 0 Å². The van der Waals surface area contributed by atoms with E-state index in [1.54, 1.807) is 24.4 Å². The zero-order chi connectivity index (χ0) is 22.5. The lowest BCUT2D eigenvalue weighted by Gasteiger charge is -2.26. The van der Waals surface area contributed by atoms with Crippen molar-refractivity contribution in [1.29, 1.82) is 0 Å². The number of primary amides is 1. The van der Waals surface area contributed by atoms with E-state index in [0.29, 0.717) is 48.1 Å². The second kappa shape index (κ2) is 9.57. The molecule has 0 bridgehead atoms. The molecule has 3 N–H and O–H groups in total. The van der Waals surface area contributed by atoms with E-state index in [0.717, 1.165) is 6.07 Å². The molecule has 0 unspecified atom stereocenters. The Labute approximate surface area is 173 Å². The van der Waals surface area contributed by atoms with Gasteiger partial charge in [-0.05, 0) is 36.8 Å². The van der Waals surface area contributed by atoms with Crippen LogP contribution in [0.25, 0.3) is 0 Å². The molecule has 1 aliphatic heterocycles. The van der Waals surface area contributed by atoms with E-state index in [4.69, 9.17) is 22.4 Å². The van der Waals surface area contributed by atoms with Crippen LogP contribution >= 0.6 is 11.6 Å². The van der Waals surface area contributed by atoms with E-state index < -0.39 is 29.4 Å². The Kier molecular flexibility index (Phi) is 7.38. The van der Waals surface area contributed by atoms with Gasteiger partial charge in [-0.2, -0.15) is 13.2 Å². The molecule has 1 aromatic heterocycles. The molecule has 160 valence electrons. The molecule has 3 rings (SSSR count). The maximum atomic E-state index is 12.8. The highest BCUT2D eigenvalue weighted by molar-refractivity contribution is 6.32. The average Bonchev–Trinajstić information content (AvgIpc) is 2.68. The molecule has 1 aliphatic rings. The zero-order valence-electron chi connectivity index (χ0n) is 15.3. The Bertz CT molecular complexity index is 980. The molecule has 2 aromatic rings. The summed E-state index contributed by atoms with van der Waals surface area (Å²) in [6, 6.07) is 5.32. The van der Waals surface area contributed by atoms with E-state index in [9.17, 15) is 27.2 Å². The van der Waals surface area contributed by atoms with E-state index in [1.807, 2.05) is 4.90 Å². The monoisotopic (exact) mass is 445 g/mol. The van der Waals surface area contributed by atoms with Crippen LogP contribution in [0.1, 0.15) is 22.3 Å². The van der Waals surface area contributed by atoms with Crippen molar-refractivity contribution in [3.05, 3.63) is 70.1 Å². The van der Waals surface area contributed by atoms with Crippen LogP contribution in [0.2, 0.25) is 5.02 Å². The van der Waals surface area contributed by atoms with Gasteiger partial charge in [0.1, 0.15) is 11.6 Å². The van der Waals surface area contributed by atoms with Gasteiger partial charge in [0, 0.05) is 30.4 Å².